The van der Waals surface area contributed by atoms with Crippen molar-refractivity contribution in [1.29, 1.82) is 0 Å². The number of anilines is 2. The van der Waals surface area contributed by atoms with Crippen LogP contribution in [0.2, 0.25) is 0 Å². The van der Waals surface area contributed by atoms with Crippen LogP contribution in [0, 0.1) is 4.77 Å². The highest BCUT2D eigenvalue weighted by Crippen LogP contribution is 2.37. The summed E-state index contributed by atoms with van der Waals surface area (Å²) in [5.74, 6) is 1.17. The number of benzene rings is 1. The second kappa shape index (κ2) is 7.04. The highest BCUT2D eigenvalue weighted by molar-refractivity contribution is 7.71. The number of aromatic amines is 1. The van der Waals surface area contributed by atoms with Crippen LogP contribution in [0.15, 0.2) is 30.5 Å². The van der Waals surface area contributed by atoms with Gasteiger partial charge in [-0.3, -0.25) is 5.43 Å². The third-order valence-corrected chi connectivity index (χ3v) is 4.21. The van der Waals surface area contributed by atoms with Gasteiger partial charge in [0.25, 0.3) is 0 Å². The van der Waals surface area contributed by atoms with E-state index in [9.17, 15) is 10.2 Å². The quantitative estimate of drug-likeness (QED) is 0.436. The number of aromatic hydroxyl groups is 2. The van der Waals surface area contributed by atoms with Gasteiger partial charge in [-0.2, -0.15) is 5.10 Å². The summed E-state index contributed by atoms with van der Waals surface area (Å²) in [6.07, 6.45) is 1.65. The minimum atomic E-state index is -0.0902. The third-order valence-electron chi connectivity index (χ3n) is 3.94. The summed E-state index contributed by atoms with van der Waals surface area (Å²) in [5.41, 5.74) is 4.97. The number of phenolic OH excluding ortho intramolecular Hbond substituents is 2. The van der Waals surface area contributed by atoms with Crippen LogP contribution in [0.5, 0.6) is 11.5 Å². The Balaban J connectivity index is 2.05. The van der Waals surface area contributed by atoms with E-state index in [-0.39, 0.29) is 17.4 Å². The van der Waals surface area contributed by atoms with E-state index in [0.717, 1.165) is 5.82 Å². The third kappa shape index (κ3) is 3.33. The normalized spacial score (nSPS) is 10.9. The van der Waals surface area contributed by atoms with Crippen LogP contribution < -0.4 is 10.7 Å². The molecule has 0 radical (unpaired) electrons. The molecule has 0 aliphatic carbocycles. The molecule has 8 nitrogen and oxygen atoms in total. The summed E-state index contributed by atoms with van der Waals surface area (Å²) in [6.45, 7) is 3.92. The maximum Gasteiger partial charge on any atom is 0.214 e. The number of aromatic nitrogens is 4. The summed E-state index contributed by atoms with van der Waals surface area (Å²) in [6, 6.07) is 6.69. The molecule has 3 aromatic rings. The molecule has 2 aromatic heterocycles. The molecular formula is C17H20N6O2S. The number of H-pyrrole nitrogens is 1. The van der Waals surface area contributed by atoms with E-state index in [4.69, 9.17) is 12.2 Å². The standard InChI is InChI=1S/C17H20N6O2S/c1-9(2)11-6-12(14(25)7-13(11)24)16-20-21-17(26)23(16)22-10-4-5-15(18-3)19-8-10/h4-9,22,24-25H,1-3H3,(H,18,19)(H,21,26). The van der Waals surface area contributed by atoms with E-state index in [1.807, 2.05) is 26.0 Å². The molecule has 0 aliphatic heterocycles. The average molecular weight is 372 g/mol. The van der Waals surface area contributed by atoms with Gasteiger partial charge in [-0.15, -0.1) is 0 Å². The van der Waals surface area contributed by atoms with E-state index in [1.54, 1.807) is 24.0 Å². The predicted octanol–water partition coefficient (Wildman–Crippen LogP) is 3.45. The molecule has 136 valence electrons. The molecule has 0 amide bonds. The lowest BCUT2D eigenvalue weighted by Crippen LogP contribution is -2.11. The van der Waals surface area contributed by atoms with Crippen LogP contribution in [0.3, 0.4) is 0 Å². The molecule has 0 unspecified atom stereocenters. The Morgan fingerprint density at radius 3 is 2.58 bits per heavy atom. The lowest BCUT2D eigenvalue weighted by atomic mass is 9.98. The van der Waals surface area contributed by atoms with Crippen LogP contribution >= 0.6 is 12.2 Å². The second-order valence-corrected chi connectivity index (χ2v) is 6.45. The molecule has 0 saturated heterocycles. The number of hydrogen-bond acceptors (Lipinski definition) is 7. The fourth-order valence-electron chi connectivity index (χ4n) is 2.55. The van der Waals surface area contributed by atoms with Crippen molar-refractivity contribution in [2.45, 2.75) is 19.8 Å². The van der Waals surface area contributed by atoms with Gasteiger partial charge in [0.15, 0.2) is 5.82 Å². The molecule has 0 aliphatic rings. The summed E-state index contributed by atoms with van der Waals surface area (Å²) in [7, 11) is 1.79. The first-order valence-corrected chi connectivity index (χ1v) is 8.46. The number of hydrogen-bond donors (Lipinski definition) is 5. The largest absolute Gasteiger partial charge is 0.508 e. The fourth-order valence-corrected chi connectivity index (χ4v) is 2.73. The zero-order chi connectivity index (χ0) is 18.8. The monoisotopic (exact) mass is 372 g/mol. The summed E-state index contributed by atoms with van der Waals surface area (Å²) in [4.78, 5) is 4.24. The topological polar surface area (TPSA) is 111 Å². The van der Waals surface area contributed by atoms with Gasteiger partial charge in [-0.1, -0.05) is 13.8 Å². The number of phenols is 2. The van der Waals surface area contributed by atoms with Crippen molar-refractivity contribution < 1.29 is 10.2 Å². The number of nitrogens with one attached hydrogen (secondary N) is 3. The fraction of sp³-hybridized carbons (Fsp3) is 0.235. The van der Waals surface area contributed by atoms with Crippen molar-refractivity contribution in [2.75, 3.05) is 17.8 Å². The Labute approximate surface area is 155 Å². The molecule has 0 atom stereocenters. The second-order valence-electron chi connectivity index (χ2n) is 6.06. The van der Waals surface area contributed by atoms with Gasteiger partial charge < -0.3 is 15.5 Å². The van der Waals surface area contributed by atoms with Gasteiger partial charge in [0.1, 0.15) is 17.3 Å². The Bertz CT molecular complexity index is 978. The van der Waals surface area contributed by atoms with Crippen molar-refractivity contribution in [3.63, 3.8) is 0 Å². The molecule has 0 spiro atoms. The number of nitrogens with zero attached hydrogens (tertiary/aromatic N) is 3. The van der Waals surface area contributed by atoms with Gasteiger partial charge in [0, 0.05) is 13.1 Å². The number of pyridine rings is 1. The van der Waals surface area contributed by atoms with Crippen molar-refractivity contribution in [1.82, 2.24) is 19.9 Å². The van der Waals surface area contributed by atoms with Crippen molar-refractivity contribution in [2.24, 2.45) is 0 Å². The summed E-state index contributed by atoms with van der Waals surface area (Å²) < 4.78 is 1.87. The molecule has 26 heavy (non-hydrogen) atoms. The number of rotatable bonds is 5. The molecule has 9 heteroatoms. The van der Waals surface area contributed by atoms with E-state index in [2.05, 4.69) is 25.9 Å². The molecule has 1 aromatic carbocycles. The Kier molecular flexibility index (Phi) is 4.81. The van der Waals surface area contributed by atoms with Gasteiger partial charge in [-0.05, 0) is 41.9 Å². The molecule has 0 bridgehead atoms. The van der Waals surface area contributed by atoms with Crippen molar-refractivity contribution in [3.05, 3.63) is 40.8 Å². The van der Waals surface area contributed by atoms with Crippen LogP contribution in [0.1, 0.15) is 25.3 Å². The summed E-state index contributed by atoms with van der Waals surface area (Å²) in [5, 5.41) is 30.2. The Morgan fingerprint density at radius 2 is 1.96 bits per heavy atom. The SMILES string of the molecule is CNc1ccc(Nn2c(-c3cc(C(C)C)c(O)cc3O)n[nH]c2=S)cn1. The van der Waals surface area contributed by atoms with E-state index >= 15 is 0 Å². The first kappa shape index (κ1) is 17.7. The van der Waals surface area contributed by atoms with Crippen molar-refractivity contribution in [3.8, 4) is 22.9 Å². The minimum absolute atomic E-state index is 0.0433. The zero-order valence-corrected chi connectivity index (χ0v) is 15.4. The smallest absolute Gasteiger partial charge is 0.214 e. The predicted molar refractivity (Wildman–Crippen MR) is 103 cm³/mol. The van der Waals surface area contributed by atoms with E-state index in [1.165, 1.54) is 6.07 Å². The molecule has 0 saturated carbocycles. The molecular weight excluding hydrogens is 352 g/mol. The summed E-state index contributed by atoms with van der Waals surface area (Å²) >= 11 is 5.29. The lowest BCUT2D eigenvalue weighted by molar-refractivity contribution is 0.444. The highest BCUT2D eigenvalue weighted by atomic mass is 32.1. The van der Waals surface area contributed by atoms with Gasteiger partial charge in [0.05, 0.1) is 17.4 Å². The van der Waals surface area contributed by atoms with Crippen LogP contribution in [-0.4, -0.2) is 37.1 Å². The van der Waals surface area contributed by atoms with Crippen LogP contribution in [-0.2, 0) is 0 Å². The van der Waals surface area contributed by atoms with Gasteiger partial charge in [-0.25, -0.2) is 14.8 Å². The first-order chi connectivity index (χ1) is 12.4. The maximum atomic E-state index is 10.3. The maximum absolute atomic E-state index is 10.3. The first-order valence-electron chi connectivity index (χ1n) is 8.05. The Hall–Kier alpha value is -3.07. The zero-order valence-electron chi connectivity index (χ0n) is 14.6. The molecule has 3 rings (SSSR count). The van der Waals surface area contributed by atoms with Crippen LogP contribution in [0.25, 0.3) is 11.4 Å². The Morgan fingerprint density at radius 1 is 1.19 bits per heavy atom. The minimum Gasteiger partial charge on any atom is -0.508 e. The molecule has 0 fully saturated rings. The average Bonchev–Trinajstić information content (AvgIpc) is 2.96. The van der Waals surface area contributed by atoms with Gasteiger partial charge in [0.2, 0.25) is 4.77 Å². The van der Waals surface area contributed by atoms with Crippen molar-refractivity contribution >= 4 is 23.7 Å². The molecule has 5 N–H and O–H groups in total. The van der Waals surface area contributed by atoms with Crippen LogP contribution in [0.4, 0.5) is 11.5 Å². The highest BCUT2D eigenvalue weighted by Gasteiger charge is 2.18. The molecule has 2 heterocycles. The van der Waals surface area contributed by atoms with E-state index in [0.29, 0.717) is 27.4 Å². The lowest BCUT2D eigenvalue weighted by Gasteiger charge is -2.14. The van der Waals surface area contributed by atoms with E-state index < -0.39 is 0 Å². The van der Waals surface area contributed by atoms with Gasteiger partial charge >= 0.3 is 0 Å².